The number of nitro groups is 1. The quantitative estimate of drug-likeness (QED) is 0.572. The third-order valence-electron chi connectivity index (χ3n) is 2.97. The molecule has 0 saturated carbocycles. The second-order valence-corrected chi connectivity index (χ2v) is 4.49. The van der Waals surface area contributed by atoms with Crippen LogP contribution in [0.4, 0.5) is 14.5 Å². The number of carbonyl (C=O) groups is 1. The van der Waals surface area contributed by atoms with Crippen LogP contribution < -0.4 is 14.8 Å². The molecule has 1 aromatic carbocycles. The Balaban J connectivity index is 3.29. The van der Waals surface area contributed by atoms with E-state index in [1.54, 1.807) is 7.05 Å². The molecule has 0 aliphatic heterocycles. The van der Waals surface area contributed by atoms with E-state index < -0.39 is 28.9 Å². The van der Waals surface area contributed by atoms with Gasteiger partial charge in [0.1, 0.15) is 5.56 Å². The smallest absolute Gasteiger partial charge is 0.387 e. The van der Waals surface area contributed by atoms with Crippen molar-refractivity contribution in [2.75, 3.05) is 34.3 Å². The number of rotatable bonds is 8. The molecule has 1 N–H and O–H groups in total. The first-order valence-corrected chi connectivity index (χ1v) is 6.53. The lowest BCUT2D eigenvalue weighted by molar-refractivity contribution is -0.385. The van der Waals surface area contributed by atoms with Gasteiger partial charge in [-0.1, -0.05) is 0 Å². The monoisotopic (exact) mass is 333 g/mol. The Morgan fingerprint density at radius 3 is 2.57 bits per heavy atom. The summed E-state index contributed by atoms with van der Waals surface area (Å²) in [6, 6.07) is 1.78. The number of benzene rings is 1. The Kier molecular flexibility index (Phi) is 6.64. The number of amides is 1. The molecule has 0 bridgehead atoms. The number of carbonyl (C=O) groups excluding carboxylic acids is 1. The average molecular weight is 333 g/mol. The van der Waals surface area contributed by atoms with Crippen LogP contribution in [0.1, 0.15) is 10.4 Å². The van der Waals surface area contributed by atoms with Gasteiger partial charge in [0.25, 0.3) is 11.6 Å². The van der Waals surface area contributed by atoms with Crippen LogP contribution >= 0.6 is 0 Å². The van der Waals surface area contributed by atoms with Crippen LogP contribution in [0.15, 0.2) is 12.1 Å². The summed E-state index contributed by atoms with van der Waals surface area (Å²) in [5.41, 5.74) is -0.908. The van der Waals surface area contributed by atoms with Gasteiger partial charge in [-0.3, -0.25) is 14.9 Å². The van der Waals surface area contributed by atoms with Gasteiger partial charge in [-0.15, -0.1) is 0 Å². The topological polar surface area (TPSA) is 93.9 Å². The second kappa shape index (κ2) is 8.22. The lowest BCUT2D eigenvalue weighted by atomic mass is 10.1. The first-order valence-electron chi connectivity index (χ1n) is 6.53. The molecule has 1 amide bonds. The number of nitrogens with one attached hydrogen (secondary N) is 1. The van der Waals surface area contributed by atoms with E-state index in [2.05, 4.69) is 10.1 Å². The van der Waals surface area contributed by atoms with Crippen LogP contribution in [0.25, 0.3) is 0 Å². The molecule has 0 atom stereocenters. The van der Waals surface area contributed by atoms with Crippen molar-refractivity contribution in [1.29, 1.82) is 0 Å². The van der Waals surface area contributed by atoms with Crippen molar-refractivity contribution in [3.05, 3.63) is 27.8 Å². The zero-order valence-electron chi connectivity index (χ0n) is 12.8. The van der Waals surface area contributed by atoms with Gasteiger partial charge in [0.15, 0.2) is 11.5 Å². The molecule has 1 rings (SSSR count). The van der Waals surface area contributed by atoms with E-state index in [-0.39, 0.29) is 11.3 Å². The number of halogens is 2. The molecule has 0 spiro atoms. The van der Waals surface area contributed by atoms with Gasteiger partial charge in [0.05, 0.1) is 18.1 Å². The van der Waals surface area contributed by atoms with E-state index in [1.165, 1.54) is 19.1 Å². The predicted octanol–water partition coefficient (Wildman–Crippen LogP) is 1.50. The summed E-state index contributed by atoms with van der Waals surface area (Å²) in [7, 11) is 4.35. The summed E-state index contributed by atoms with van der Waals surface area (Å²) in [5, 5.41) is 14.0. The maximum absolute atomic E-state index is 12.4. The van der Waals surface area contributed by atoms with Crippen LogP contribution in [0.3, 0.4) is 0 Å². The Bertz CT molecular complexity index is 583. The molecule has 0 aromatic heterocycles. The van der Waals surface area contributed by atoms with Crippen LogP contribution in [0.5, 0.6) is 11.5 Å². The highest BCUT2D eigenvalue weighted by Crippen LogP contribution is 2.36. The maximum Gasteiger partial charge on any atom is 0.387 e. The van der Waals surface area contributed by atoms with Crippen molar-refractivity contribution in [2.24, 2.45) is 0 Å². The summed E-state index contributed by atoms with van der Waals surface area (Å²) < 4.78 is 33.8. The second-order valence-electron chi connectivity index (χ2n) is 4.49. The summed E-state index contributed by atoms with van der Waals surface area (Å²) in [4.78, 5) is 23.9. The molecular formula is C13H17F2N3O5. The molecule has 0 heterocycles. The first kappa shape index (κ1) is 18.6. The summed E-state index contributed by atoms with van der Waals surface area (Å²) in [5.74, 6) is -1.33. The van der Waals surface area contributed by atoms with E-state index in [9.17, 15) is 23.7 Å². The number of nitro benzene ring substituents is 1. The molecule has 23 heavy (non-hydrogen) atoms. The van der Waals surface area contributed by atoms with Gasteiger partial charge in [0, 0.05) is 26.2 Å². The lowest BCUT2D eigenvalue weighted by Crippen LogP contribution is -2.33. The molecule has 8 nitrogen and oxygen atoms in total. The standard InChI is InChI=1S/C13H17F2N3O5/c1-16-4-5-17(2)12(19)8-6-10(22-3)11(23-13(14)15)7-9(8)18(20)21/h6-7,13,16H,4-5H2,1-3H3. The first-order chi connectivity index (χ1) is 10.8. The fourth-order valence-corrected chi connectivity index (χ4v) is 1.81. The molecule has 128 valence electrons. The zero-order valence-corrected chi connectivity index (χ0v) is 12.8. The highest BCUT2D eigenvalue weighted by atomic mass is 19.3. The molecule has 0 fully saturated rings. The molecule has 0 radical (unpaired) electrons. The number of nitrogens with zero attached hydrogens (tertiary/aromatic N) is 2. The predicted molar refractivity (Wildman–Crippen MR) is 77.2 cm³/mol. The van der Waals surface area contributed by atoms with Crippen molar-refractivity contribution in [2.45, 2.75) is 6.61 Å². The van der Waals surface area contributed by atoms with Crippen molar-refractivity contribution < 1.29 is 28.0 Å². The van der Waals surface area contributed by atoms with Crippen molar-refractivity contribution >= 4 is 11.6 Å². The Morgan fingerprint density at radius 2 is 2.09 bits per heavy atom. The molecule has 10 heteroatoms. The van der Waals surface area contributed by atoms with E-state index in [4.69, 9.17) is 4.74 Å². The Hall–Kier alpha value is -2.49. The molecule has 0 aliphatic rings. The maximum atomic E-state index is 12.4. The summed E-state index contributed by atoms with van der Waals surface area (Å²) >= 11 is 0. The summed E-state index contributed by atoms with van der Waals surface area (Å²) in [6.07, 6.45) is 0. The van der Waals surface area contributed by atoms with Gasteiger partial charge in [-0.2, -0.15) is 8.78 Å². The van der Waals surface area contributed by atoms with Crippen molar-refractivity contribution in [3.63, 3.8) is 0 Å². The fraction of sp³-hybridized carbons (Fsp3) is 0.462. The van der Waals surface area contributed by atoms with Crippen LogP contribution in [-0.2, 0) is 0 Å². The van der Waals surface area contributed by atoms with Gasteiger partial charge in [-0.25, -0.2) is 0 Å². The number of methoxy groups -OCH3 is 1. The average Bonchev–Trinajstić information content (AvgIpc) is 2.50. The van der Waals surface area contributed by atoms with Gasteiger partial charge in [-0.05, 0) is 7.05 Å². The third kappa shape index (κ3) is 4.74. The van der Waals surface area contributed by atoms with Crippen LogP contribution in [-0.4, -0.2) is 56.6 Å². The molecule has 0 aliphatic carbocycles. The van der Waals surface area contributed by atoms with E-state index >= 15 is 0 Å². The number of ether oxygens (including phenoxy) is 2. The normalized spacial score (nSPS) is 10.5. The highest BCUT2D eigenvalue weighted by Gasteiger charge is 2.27. The Labute approximate surface area is 131 Å². The minimum absolute atomic E-state index is 0.193. The molecular weight excluding hydrogens is 316 g/mol. The number of hydrogen-bond donors (Lipinski definition) is 1. The fourth-order valence-electron chi connectivity index (χ4n) is 1.81. The van der Waals surface area contributed by atoms with E-state index in [1.807, 2.05) is 0 Å². The van der Waals surface area contributed by atoms with Crippen LogP contribution in [0, 0.1) is 10.1 Å². The molecule has 0 unspecified atom stereocenters. The number of hydrogen-bond acceptors (Lipinski definition) is 6. The minimum Gasteiger partial charge on any atom is -0.493 e. The lowest BCUT2D eigenvalue weighted by Gasteiger charge is -2.18. The number of likely N-dealkylation sites (N-methyl/N-ethyl adjacent to an activating group) is 2. The van der Waals surface area contributed by atoms with Gasteiger partial charge in [0.2, 0.25) is 0 Å². The van der Waals surface area contributed by atoms with Gasteiger partial charge < -0.3 is 19.7 Å². The third-order valence-corrected chi connectivity index (χ3v) is 2.97. The van der Waals surface area contributed by atoms with E-state index in [0.717, 1.165) is 12.1 Å². The largest absolute Gasteiger partial charge is 0.493 e. The van der Waals surface area contributed by atoms with Crippen LogP contribution in [0.2, 0.25) is 0 Å². The van der Waals surface area contributed by atoms with E-state index in [0.29, 0.717) is 13.1 Å². The highest BCUT2D eigenvalue weighted by molar-refractivity contribution is 5.99. The zero-order chi connectivity index (χ0) is 17.6. The summed E-state index contributed by atoms with van der Waals surface area (Å²) in [6.45, 7) is -2.38. The van der Waals surface area contributed by atoms with Crippen molar-refractivity contribution in [3.8, 4) is 11.5 Å². The number of alkyl halides is 2. The van der Waals surface area contributed by atoms with Crippen molar-refractivity contribution in [1.82, 2.24) is 10.2 Å². The molecule has 0 saturated heterocycles. The Morgan fingerprint density at radius 1 is 1.43 bits per heavy atom. The van der Waals surface area contributed by atoms with Gasteiger partial charge >= 0.3 is 6.61 Å². The molecule has 1 aromatic rings. The SMILES string of the molecule is CNCCN(C)C(=O)c1cc(OC)c(OC(F)F)cc1[N+](=O)[O-]. The minimum atomic E-state index is -3.18.